The first-order valence-corrected chi connectivity index (χ1v) is 6.61. The van der Waals surface area contributed by atoms with E-state index in [1.807, 2.05) is 48.5 Å². The van der Waals surface area contributed by atoms with Crippen LogP contribution in [0.3, 0.4) is 0 Å². The van der Waals surface area contributed by atoms with E-state index in [0.717, 1.165) is 18.7 Å². The van der Waals surface area contributed by atoms with Crippen molar-refractivity contribution in [2.45, 2.75) is 19.7 Å². The summed E-state index contributed by atoms with van der Waals surface area (Å²) in [6, 6.07) is 15.5. The zero-order chi connectivity index (χ0) is 13.8. The number of carbonyl (C=O) groups excluding carboxylic acids is 1. The highest BCUT2D eigenvalue weighted by Gasteiger charge is 2.13. The number of amides is 1. The third-order valence-corrected chi connectivity index (χ3v) is 3.35. The third-order valence-electron chi connectivity index (χ3n) is 3.35. The van der Waals surface area contributed by atoms with Gasteiger partial charge in [-0.05, 0) is 28.8 Å². The zero-order valence-electron chi connectivity index (χ0n) is 11.1. The van der Waals surface area contributed by atoms with E-state index in [4.69, 9.17) is 4.84 Å². The fraction of sp³-hybridized carbons (Fsp3) is 0.188. The quantitative estimate of drug-likeness (QED) is 0.835. The molecule has 1 amide bonds. The van der Waals surface area contributed by atoms with Gasteiger partial charge < -0.3 is 5.32 Å². The van der Waals surface area contributed by atoms with Gasteiger partial charge in [-0.15, -0.1) is 0 Å². The van der Waals surface area contributed by atoms with Gasteiger partial charge in [0.15, 0.2) is 0 Å². The molecule has 2 N–H and O–H groups in total. The lowest BCUT2D eigenvalue weighted by molar-refractivity contribution is 0.0233. The molecule has 2 aromatic carbocycles. The predicted octanol–water partition coefficient (Wildman–Crippen LogP) is 2.15. The van der Waals surface area contributed by atoms with Gasteiger partial charge in [0.05, 0.1) is 6.61 Å². The Morgan fingerprint density at radius 3 is 2.75 bits per heavy atom. The highest BCUT2D eigenvalue weighted by Crippen LogP contribution is 2.16. The topological polar surface area (TPSA) is 50.4 Å². The number of nitrogens with one attached hydrogen (secondary N) is 2. The Morgan fingerprint density at radius 1 is 1.10 bits per heavy atom. The van der Waals surface area contributed by atoms with E-state index in [1.54, 1.807) is 0 Å². The van der Waals surface area contributed by atoms with E-state index in [0.29, 0.717) is 12.2 Å². The van der Waals surface area contributed by atoms with E-state index in [-0.39, 0.29) is 5.91 Å². The maximum absolute atomic E-state index is 12.0. The molecule has 0 spiro atoms. The lowest BCUT2D eigenvalue weighted by Crippen LogP contribution is -2.23. The summed E-state index contributed by atoms with van der Waals surface area (Å²) < 4.78 is 0. The lowest BCUT2D eigenvalue weighted by atomic mass is 10.1. The Kier molecular flexibility index (Phi) is 3.76. The van der Waals surface area contributed by atoms with Crippen molar-refractivity contribution in [2.75, 3.05) is 0 Å². The Labute approximate surface area is 117 Å². The molecule has 0 atom stereocenters. The molecular formula is C16H16N2O2. The summed E-state index contributed by atoms with van der Waals surface area (Å²) in [6.45, 7) is 2.06. The highest BCUT2D eigenvalue weighted by atomic mass is 16.6. The average Bonchev–Trinajstić information content (AvgIpc) is 2.95. The van der Waals surface area contributed by atoms with Gasteiger partial charge in [0.2, 0.25) is 0 Å². The summed E-state index contributed by atoms with van der Waals surface area (Å²) >= 11 is 0. The summed E-state index contributed by atoms with van der Waals surface area (Å²) in [5.41, 5.74) is 6.56. The molecule has 4 heteroatoms. The van der Waals surface area contributed by atoms with Crippen molar-refractivity contribution in [2.24, 2.45) is 0 Å². The minimum atomic E-state index is -0.212. The Morgan fingerprint density at radius 2 is 1.90 bits per heavy atom. The number of hydroxylamine groups is 1. The van der Waals surface area contributed by atoms with Gasteiger partial charge in [-0.25, -0.2) is 5.48 Å². The van der Waals surface area contributed by atoms with E-state index < -0.39 is 0 Å². The van der Waals surface area contributed by atoms with Crippen LogP contribution >= 0.6 is 0 Å². The molecule has 3 rings (SSSR count). The molecule has 1 aliphatic rings. The van der Waals surface area contributed by atoms with Crippen molar-refractivity contribution in [3.63, 3.8) is 0 Å². The maximum atomic E-state index is 12.0. The molecule has 0 saturated carbocycles. The minimum absolute atomic E-state index is 0.212. The van der Waals surface area contributed by atoms with Gasteiger partial charge in [0.25, 0.3) is 5.91 Å². The minimum Gasteiger partial charge on any atom is -0.309 e. The summed E-state index contributed by atoms with van der Waals surface area (Å²) in [6.07, 6.45) is 0. The molecule has 0 unspecified atom stereocenters. The van der Waals surface area contributed by atoms with E-state index in [9.17, 15) is 4.79 Å². The molecule has 0 aromatic heterocycles. The fourth-order valence-corrected chi connectivity index (χ4v) is 2.25. The molecule has 4 nitrogen and oxygen atoms in total. The summed E-state index contributed by atoms with van der Waals surface area (Å²) in [7, 11) is 0. The normalized spacial score (nSPS) is 13.0. The molecule has 20 heavy (non-hydrogen) atoms. The van der Waals surface area contributed by atoms with E-state index in [2.05, 4.69) is 10.8 Å². The molecule has 0 aliphatic carbocycles. The Bertz CT molecular complexity index is 611. The van der Waals surface area contributed by atoms with Gasteiger partial charge in [0, 0.05) is 18.7 Å². The Balaban J connectivity index is 1.57. The van der Waals surface area contributed by atoms with E-state index in [1.165, 1.54) is 11.1 Å². The van der Waals surface area contributed by atoms with Crippen LogP contribution in [0, 0.1) is 0 Å². The highest BCUT2D eigenvalue weighted by molar-refractivity contribution is 5.93. The second-order valence-electron chi connectivity index (χ2n) is 4.79. The van der Waals surface area contributed by atoms with Gasteiger partial charge in [-0.2, -0.15) is 0 Å². The van der Waals surface area contributed by atoms with Crippen LogP contribution in [0.2, 0.25) is 0 Å². The largest absolute Gasteiger partial charge is 0.309 e. The molecule has 0 fully saturated rings. The van der Waals surface area contributed by atoms with Crippen molar-refractivity contribution in [3.8, 4) is 0 Å². The Hall–Kier alpha value is -2.17. The van der Waals surface area contributed by atoms with Gasteiger partial charge in [-0.3, -0.25) is 9.63 Å². The third kappa shape index (κ3) is 2.87. The average molecular weight is 268 g/mol. The first-order chi connectivity index (χ1) is 9.83. The smallest absolute Gasteiger partial charge is 0.274 e. The molecule has 1 aliphatic heterocycles. The molecule has 0 saturated heterocycles. The van der Waals surface area contributed by atoms with Crippen LogP contribution in [0.5, 0.6) is 0 Å². The molecule has 2 aromatic rings. The van der Waals surface area contributed by atoms with Crippen molar-refractivity contribution < 1.29 is 9.63 Å². The summed E-state index contributed by atoms with van der Waals surface area (Å²) in [4.78, 5) is 17.2. The van der Waals surface area contributed by atoms with Gasteiger partial charge in [-0.1, -0.05) is 36.4 Å². The number of fused-ring (bicyclic) bond motifs is 1. The van der Waals surface area contributed by atoms with Crippen LogP contribution in [0.1, 0.15) is 27.0 Å². The van der Waals surface area contributed by atoms with Crippen LogP contribution in [-0.2, 0) is 24.5 Å². The van der Waals surface area contributed by atoms with Crippen molar-refractivity contribution in [3.05, 3.63) is 70.8 Å². The molecule has 0 radical (unpaired) electrons. The molecular weight excluding hydrogens is 252 g/mol. The number of carbonyl (C=O) groups is 1. The zero-order valence-corrected chi connectivity index (χ0v) is 11.1. The van der Waals surface area contributed by atoms with Crippen molar-refractivity contribution >= 4 is 5.91 Å². The fourth-order valence-electron chi connectivity index (χ4n) is 2.25. The van der Waals surface area contributed by atoms with Crippen LogP contribution < -0.4 is 10.8 Å². The standard InChI is InChI=1S/C16H16N2O2/c19-16(18-20-11-12-4-2-1-3-5-12)13-6-7-14-9-17-10-15(14)8-13/h1-8,17H,9-11H2,(H,18,19). The monoisotopic (exact) mass is 268 g/mol. The van der Waals surface area contributed by atoms with Crippen LogP contribution in [0.25, 0.3) is 0 Å². The van der Waals surface area contributed by atoms with Gasteiger partial charge in [0.1, 0.15) is 0 Å². The molecule has 0 bridgehead atoms. The summed E-state index contributed by atoms with van der Waals surface area (Å²) in [5, 5.41) is 3.26. The van der Waals surface area contributed by atoms with Gasteiger partial charge >= 0.3 is 0 Å². The van der Waals surface area contributed by atoms with Crippen molar-refractivity contribution in [1.82, 2.24) is 10.8 Å². The number of rotatable bonds is 4. The first kappa shape index (κ1) is 12.8. The van der Waals surface area contributed by atoms with Crippen molar-refractivity contribution in [1.29, 1.82) is 0 Å². The second kappa shape index (κ2) is 5.86. The number of hydrogen-bond donors (Lipinski definition) is 2. The number of hydrogen-bond acceptors (Lipinski definition) is 3. The summed E-state index contributed by atoms with van der Waals surface area (Å²) in [5.74, 6) is -0.212. The van der Waals surface area contributed by atoms with Crippen LogP contribution in [-0.4, -0.2) is 5.91 Å². The van der Waals surface area contributed by atoms with Crippen LogP contribution in [0.15, 0.2) is 48.5 Å². The van der Waals surface area contributed by atoms with Crippen LogP contribution in [0.4, 0.5) is 0 Å². The molecule has 102 valence electrons. The SMILES string of the molecule is O=C(NOCc1ccccc1)c1ccc2c(c1)CNC2. The predicted molar refractivity (Wildman–Crippen MR) is 75.7 cm³/mol. The lowest BCUT2D eigenvalue weighted by Gasteiger charge is -2.07. The molecule has 1 heterocycles. The van der Waals surface area contributed by atoms with E-state index >= 15 is 0 Å². The second-order valence-corrected chi connectivity index (χ2v) is 4.79. The number of benzene rings is 2. The maximum Gasteiger partial charge on any atom is 0.274 e. The first-order valence-electron chi connectivity index (χ1n) is 6.61.